The molecule has 210 valence electrons. The predicted molar refractivity (Wildman–Crippen MR) is 156 cm³/mol. The average Bonchev–Trinajstić information content (AvgIpc) is 3.53. The molecule has 5 heterocycles. The van der Waals surface area contributed by atoms with Gasteiger partial charge in [0.1, 0.15) is 5.82 Å². The van der Waals surface area contributed by atoms with Gasteiger partial charge in [0.05, 0.1) is 34.8 Å². The van der Waals surface area contributed by atoms with Gasteiger partial charge in [-0.3, -0.25) is 19.5 Å². The molecule has 1 N–H and O–H groups in total. The number of aromatic nitrogens is 5. The summed E-state index contributed by atoms with van der Waals surface area (Å²) in [5.74, 6) is 0.224. The maximum Gasteiger partial charge on any atom is 0.280 e. The molecule has 1 spiro atoms. The Kier molecular flexibility index (Phi) is 6.20. The van der Waals surface area contributed by atoms with Crippen molar-refractivity contribution in [3.8, 4) is 17.3 Å². The van der Waals surface area contributed by atoms with E-state index >= 15 is 0 Å². The van der Waals surface area contributed by atoms with Crippen molar-refractivity contribution >= 4 is 52.3 Å². The number of amides is 2. The molecule has 3 aromatic heterocycles. The first-order valence-electron chi connectivity index (χ1n) is 12.8. The minimum absolute atomic E-state index is 0.116. The molecule has 1 atom stereocenters. The van der Waals surface area contributed by atoms with Gasteiger partial charge in [0.15, 0.2) is 11.2 Å². The molecule has 41 heavy (non-hydrogen) atoms. The summed E-state index contributed by atoms with van der Waals surface area (Å²) in [5, 5.41) is 3.72. The van der Waals surface area contributed by atoms with Crippen LogP contribution in [0, 0.1) is 6.92 Å². The van der Waals surface area contributed by atoms with Gasteiger partial charge < -0.3 is 19.5 Å². The summed E-state index contributed by atoms with van der Waals surface area (Å²) in [6.45, 7) is 5.67. The third-order valence-corrected chi connectivity index (χ3v) is 7.74. The van der Waals surface area contributed by atoms with Crippen molar-refractivity contribution in [3.63, 3.8) is 0 Å². The maximum atomic E-state index is 14.5. The van der Waals surface area contributed by atoms with Gasteiger partial charge in [-0.15, -0.1) is 0 Å². The van der Waals surface area contributed by atoms with Gasteiger partial charge in [0.2, 0.25) is 11.8 Å². The van der Waals surface area contributed by atoms with E-state index in [1.54, 1.807) is 42.3 Å². The molecule has 0 aliphatic carbocycles. The van der Waals surface area contributed by atoms with Gasteiger partial charge in [-0.2, -0.15) is 4.98 Å². The summed E-state index contributed by atoms with van der Waals surface area (Å²) in [6, 6.07) is 6.51. The number of methoxy groups -OCH3 is 1. The Bertz CT molecular complexity index is 1770. The summed E-state index contributed by atoms with van der Waals surface area (Å²) in [5.41, 5.74) is 1.34. The van der Waals surface area contributed by atoms with E-state index < -0.39 is 17.4 Å². The summed E-state index contributed by atoms with van der Waals surface area (Å²) in [7, 11) is 5.16. The van der Waals surface area contributed by atoms with E-state index in [0.29, 0.717) is 55.7 Å². The Morgan fingerprint density at radius 3 is 2.49 bits per heavy atom. The Morgan fingerprint density at radius 1 is 1.05 bits per heavy atom. The number of ether oxygens (including phenoxy) is 1. The molecule has 2 aliphatic rings. The van der Waals surface area contributed by atoms with Gasteiger partial charge in [-0.05, 0) is 39.0 Å². The fourth-order valence-corrected chi connectivity index (χ4v) is 5.93. The van der Waals surface area contributed by atoms with Crippen molar-refractivity contribution in [2.75, 3.05) is 36.3 Å². The molecule has 11 nitrogen and oxygen atoms in total. The quantitative estimate of drug-likeness (QED) is 0.349. The van der Waals surface area contributed by atoms with Crippen LogP contribution in [-0.4, -0.2) is 57.5 Å². The lowest BCUT2D eigenvalue weighted by atomic mass is 9.87. The van der Waals surface area contributed by atoms with Crippen LogP contribution in [-0.2, 0) is 10.3 Å². The summed E-state index contributed by atoms with van der Waals surface area (Å²) in [6.07, 6.45) is 3.11. The Morgan fingerprint density at radius 2 is 1.80 bits per heavy atom. The largest absolute Gasteiger partial charge is 0.480 e. The van der Waals surface area contributed by atoms with Crippen LogP contribution in [0.4, 0.5) is 17.3 Å². The van der Waals surface area contributed by atoms with Crippen LogP contribution in [0.15, 0.2) is 36.7 Å². The number of nitrogens with one attached hydrogen (secondary N) is 1. The van der Waals surface area contributed by atoms with Gasteiger partial charge in [-0.1, -0.05) is 29.3 Å². The molecule has 2 aliphatic heterocycles. The summed E-state index contributed by atoms with van der Waals surface area (Å²) < 4.78 is 7.51. The zero-order valence-corrected chi connectivity index (χ0v) is 24.7. The normalized spacial score (nSPS) is 17.3. The molecular weight excluding hydrogens is 567 g/mol. The predicted octanol–water partition coefficient (Wildman–Crippen LogP) is 4.86. The highest BCUT2D eigenvalue weighted by molar-refractivity contribution is 6.32. The standard InChI is InChI=1S/C28H26Cl2N8O3/c1-13(2)37-22-21(34-23(37)17-12-32-27(36(4)5)35-24(17)41-6)25(39)38(20-10-16(30)11-31-14(20)3)28(22)18-8-7-15(29)9-19(18)33-26(28)40/h7-13H,1-6H3,(H,33,40). The fraction of sp³-hybridized carbons (Fsp3) is 0.286. The second-order valence-electron chi connectivity index (χ2n) is 10.3. The lowest BCUT2D eigenvalue weighted by Crippen LogP contribution is -2.51. The third kappa shape index (κ3) is 3.72. The topological polar surface area (TPSA) is 118 Å². The van der Waals surface area contributed by atoms with E-state index in [4.69, 9.17) is 32.9 Å². The highest BCUT2D eigenvalue weighted by Crippen LogP contribution is 2.55. The second-order valence-corrected chi connectivity index (χ2v) is 11.2. The summed E-state index contributed by atoms with van der Waals surface area (Å²) >= 11 is 12.7. The smallest absolute Gasteiger partial charge is 0.280 e. The second kappa shape index (κ2) is 9.42. The van der Waals surface area contributed by atoms with Crippen LogP contribution in [0.5, 0.6) is 5.88 Å². The number of nitrogens with zero attached hydrogens (tertiary/aromatic N) is 7. The maximum absolute atomic E-state index is 14.5. The molecule has 0 bridgehead atoms. The van der Waals surface area contributed by atoms with E-state index in [1.807, 2.05) is 32.5 Å². The SMILES string of the molecule is COc1nc(N(C)C)ncc1-c1nc2c(n1C(C)C)C1(C(=O)Nc3cc(Cl)ccc31)N(c1cc(Cl)cnc1C)C2=O. The monoisotopic (exact) mass is 592 g/mol. The lowest BCUT2D eigenvalue weighted by molar-refractivity contribution is -0.119. The minimum Gasteiger partial charge on any atom is -0.480 e. The zero-order valence-electron chi connectivity index (χ0n) is 23.2. The number of halogens is 2. The number of anilines is 3. The molecule has 0 saturated heterocycles. The molecule has 4 aromatic rings. The van der Waals surface area contributed by atoms with E-state index in [1.165, 1.54) is 18.2 Å². The Labute approximate surface area is 246 Å². The van der Waals surface area contributed by atoms with E-state index in [0.717, 1.165) is 0 Å². The first-order chi connectivity index (χ1) is 19.5. The number of rotatable bonds is 5. The molecule has 0 fully saturated rings. The zero-order chi connectivity index (χ0) is 29.4. The van der Waals surface area contributed by atoms with Crippen LogP contribution < -0.4 is 19.9 Å². The number of aryl methyl sites for hydroxylation is 1. The van der Waals surface area contributed by atoms with E-state index in [2.05, 4.69) is 20.3 Å². The van der Waals surface area contributed by atoms with E-state index in [-0.39, 0.29) is 17.6 Å². The number of hydrogen-bond donors (Lipinski definition) is 1. The number of pyridine rings is 1. The number of hydrogen-bond acceptors (Lipinski definition) is 8. The molecule has 6 rings (SSSR count). The van der Waals surface area contributed by atoms with Crippen molar-refractivity contribution in [3.05, 3.63) is 69.3 Å². The Balaban J connectivity index is 1.72. The van der Waals surface area contributed by atoms with Crippen LogP contribution in [0.2, 0.25) is 10.0 Å². The number of carbonyl (C=O) groups excluding carboxylic acids is 2. The molecule has 1 aromatic carbocycles. The average molecular weight is 593 g/mol. The molecule has 1 unspecified atom stereocenters. The number of fused-ring (bicyclic) bond motifs is 4. The lowest BCUT2D eigenvalue weighted by Gasteiger charge is -2.36. The third-order valence-electron chi connectivity index (χ3n) is 7.30. The van der Waals surface area contributed by atoms with Crippen molar-refractivity contribution in [2.45, 2.75) is 32.4 Å². The van der Waals surface area contributed by atoms with Crippen molar-refractivity contribution in [2.24, 2.45) is 0 Å². The first kappa shape index (κ1) is 27.0. The van der Waals surface area contributed by atoms with E-state index in [9.17, 15) is 9.59 Å². The molecule has 2 amide bonds. The van der Waals surface area contributed by atoms with Crippen molar-refractivity contribution in [1.29, 1.82) is 0 Å². The minimum atomic E-state index is -1.63. The number of imidazole rings is 1. The summed E-state index contributed by atoms with van der Waals surface area (Å²) in [4.78, 5) is 50.2. The van der Waals surface area contributed by atoms with Crippen LogP contribution in [0.25, 0.3) is 11.4 Å². The molecule has 0 radical (unpaired) electrons. The fourth-order valence-electron chi connectivity index (χ4n) is 5.61. The van der Waals surface area contributed by atoms with Crippen LogP contribution in [0.3, 0.4) is 0 Å². The molecular formula is C28H26Cl2N8O3. The van der Waals surface area contributed by atoms with Crippen molar-refractivity contribution in [1.82, 2.24) is 24.5 Å². The van der Waals surface area contributed by atoms with Gasteiger partial charge in [-0.25, -0.2) is 9.97 Å². The van der Waals surface area contributed by atoms with Gasteiger partial charge in [0, 0.05) is 48.8 Å². The highest BCUT2D eigenvalue weighted by atomic mass is 35.5. The Hall–Kier alpha value is -4.22. The molecule has 13 heteroatoms. The van der Waals surface area contributed by atoms with Crippen molar-refractivity contribution < 1.29 is 14.3 Å². The van der Waals surface area contributed by atoms with Gasteiger partial charge in [0.25, 0.3) is 11.8 Å². The van der Waals surface area contributed by atoms with Gasteiger partial charge >= 0.3 is 0 Å². The first-order valence-corrected chi connectivity index (χ1v) is 13.6. The van der Waals surface area contributed by atoms with Crippen LogP contribution >= 0.6 is 23.2 Å². The highest BCUT2D eigenvalue weighted by Gasteiger charge is 2.64. The van der Waals surface area contributed by atoms with Crippen LogP contribution in [0.1, 0.15) is 47.3 Å². The number of benzene rings is 1. The number of carbonyl (C=O) groups is 2. The molecule has 0 saturated carbocycles.